The summed E-state index contributed by atoms with van der Waals surface area (Å²) in [4.78, 5) is 49.7. The molecule has 218 valence electrons. The van der Waals surface area contributed by atoms with Crippen LogP contribution in [0, 0.1) is 6.92 Å². The summed E-state index contributed by atoms with van der Waals surface area (Å²) >= 11 is 0. The minimum Gasteiger partial charge on any atom is -0.481 e. The Bertz CT molecular complexity index is 1750. The van der Waals surface area contributed by atoms with Gasteiger partial charge in [0.15, 0.2) is 5.78 Å². The van der Waals surface area contributed by atoms with Crippen molar-refractivity contribution in [3.05, 3.63) is 113 Å². The van der Waals surface area contributed by atoms with Crippen LogP contribution in [-0.4, -0.2) is 38.5 Å². The normalized spacial score (nSPS) is 13.0. The molecule has 0 saturated heterocycles. The molecule has 3 aromatic carbocycles. The largest absolute Gasteiger partial charge is 0.481 e. The zero-order valence-electron chi connectivity index (χ0n) is 23.8. The number of amides is 2. The molecule has 2 amide bonds. The summed E-state index contributed by atoms with van der Waals surface area (Å²) in [5, 5.41) is 21.9. The van der Waals surface area contributed by atoms with Gasteiger partial charge in [-0.1, -0.05) is 36.4 Å². The van der Waals surface area contributed by atoms with E-state index >= 15 is 0 Å². The Kier molecular flexibility index (Phi) is 8.47. The number of aromatic nitrogens is 2. The van der Waals surface area contributed by atoms with E-state index in [-0.39, 0.29) is 24.0 Å². The number of nitrogens with one attached hydrogen (secondary N) is 3. The molecule has 2 heterocycles. The van der Waals surface area contributed by atoms with Crippen molar-refractivity contribution in [1.29, 1.82) is 0 Å². The molecule has 10 heteroatoms. The number of carboxylic acid groups (broad SMARTS) is 1. The second-order valence-corrected chi connectivity index (χ2v) is 10.2. The SMILES string of the molecule is CCn1nc(C)cc1C(=O)Nc1cccc(C(=O)c2ccc3c(c2)NC(=O)/C3=C\Nc2ccc(CCCC(=O)O)cc2)c1. The molecule has 0 fully saturated rings. The molecule has 0 aliphatic carbocycles. The van der Waals surface area contributed by atoms with E-state index < -0.39 is 5.97 Å². The number of carboxylic acids is 1. The number of hydrogen-bond donors (Lipinski definition) is 4. The Hall–Kier alpha value is -5.51. The number of aliphatic carboxylic acids is 1. The van der Waals surface area contributed by atoms with Crippen molar-refractivity contribution in [3.8, 4) is 0 Å². The molecule has 4 N–H and O–H groups in total. The lowest BCUT2D eigenvalue weighted by atomic mass is 9.99. The molecule has 0 bridgehead atoms. The third-order valence-electron chi connectivity index (χ3n) is 7.07. The molecule has 0 radical (unpaired) electrons. The topological polar surface area (TPSA) is 142 Å². The van der Waals surface area contributed by atoms with E-state index in [9.17, 15) is 19.2 Å². The van der Waals surface area contributed by atoms with E-state index in [1.165, 1.54) is 0 Å². The van der Waals surface area contributed by atoms with Gasteiger partial charge < -0.3 is 21.1 Å². The van der Waals surface area contributed by atoms with Crippen LogP contribution in [0.3, 0.4) is 0 Å². The Morgan fingerprint density at radius 1 is 0.977 bits per heavy atom. The van der Waals surface area contributed by atoms with Crippen molar-refractivity contribution in [2.45, 2.75) is 39.7 Å². The Morgan fingerprint density at radius 2 is 1.74 bits per heavy atom. The minimum absolute atomic E-state index is 0.130. The van der Waals surface area contributed by atoms with Gasteiger partial charge in [0.1, 0.15) is 5.69 Å². The van der Waals surface area contributed by atoms with E-state index in [0.717, 1.165) is 16.9 Å². The smallest absolute Gasteiger partial charge is 0.303 e. The Labute approximate surface area is 248 Å². The van der Waals surface area contributed by atoms with Gasteiger partial charge in [-0.2, -0.15) is 5.10 Å². The number of nitrogens with zero attached hydrogens (tertiary/aromatic N) is 2. The second kappa shape index (κ2) is 12.6. The predicted octanol–water partition coefficient (Wildman–Crippen LogP) is 5.51. The molecule has 1 aliphatic heterocycles. The van der Waals surface area contributed by atoms with Gasteiger partial charge in [-0.15, -0.1) is 0 Å². The first kappa shape index (κ1) is 29.0. The zero-order chi connectivity index (χ0) is 30.5. The lowest BCUT2D eigenvalue weighted by molar-refractivity contribution is -0.137. The van der Waals surface area contributed by atoms with Gasteiger partial charge >= 0.3 is 5.97 Å². The van der Waals surface area contributed by atoms with Gasteiger partial charge in [0.25, 0.3) is 11.8 Å². The molecule has 1 aromatic heterocycles. The van der Waals surface area contributed by atoms with Crippen molar-refractivity contribution in [2.75, 3.05) is 16.0 Å². The van der Waals surface area contributed by atoms with Crippen molar-refractivity contribution in [1.82, 2.24) is 9.78 Å². The van der Waals surface area contributed by atoms with Crippen LogP contribution in [0.2, 0.25) is 0 Å². The quantitative estimate of drug-likeness (QED) is 0.136. The fraction of sp³-hybridized carbons (Fsp3) is 0.182. The van der Waals surface area contributed by atoms with Crippen LogP contribution in [-0.2, 0) is 22.6 Å². The fourth-order valence-corrected chi connectivity index (χ4v) is 4.92. The molecule has 43 heavy (non-hydrogen) atoms. The molecule has 1 aliphatic rings. The summed E-state index contributed by atoms with van der Waals surface area (Å²) in [5.74, 6) is -1.66. The minimum atomic E-state index is -0.807. The number of aryl methyl sites for hydroxylation is 3. The first-order valence-corrected chi connectivity index (χ1v) is 14.0. The maximum atomic E-state index is 13.4. The van der Waals surface area contributed by atoms with E-state index in [4.69, 9.17) is 5.11 Å². The second-order valence-electron chi connectivity index (χ2n) is 10.2. The van der Waals surface area contributed by atoms with Crippen LogP contribution in [0.25, 0.3) is 5.57 Å². The van der Waals surface area contributed by atoms with Crippen molar-refractivity contribution >= 4 is 46.2 Å². The van der Waals surface area contributed by atoms with Gasteiger partial charge in [-0.25, -0.2) is 0 Å². The molecule has 0 spiro atoms. The lowest BCUT2D eigenvalue weighted by Crippen LogP contribution is -2.17. The van der Waals surface area contributed by atoms with Gasteiger partial charge in [0.2, 0.25) is 0 Å². The average molecular weight is 578 g/mol. The molecule has 0 atom stereocenters. The number of anilines is 3. The number of benzene rings is 3. The average Bonchev–Trinajstić information content (AvgIpc) is 3.54. The first-order chi connectivity index (χ1) is 20.7. The fourth-order valence-electron chi connectivity index (χ4n) is 4.92. The van der Waals surface area contributed by atoms with Crippen LogP contribution >= 0.6 is 0 Å². The molecular weight excluding hydrogens is 546 g/mol. The number of rotatable bonds is 11. The van der Waals surface area contributed by atoms with Crippen LogP contribution in [0.15, 0.2) is 79.0 Å². The summed E-state index contributed by atoms with van der Waals surface area (Å²) in [6.07, 6.45) is 3.00. The highest BCUT2D eigenvalue weighted by Gasteiger charge is 2.25. The van der Waals surface area contributed by atoms with E-state index in [0.29, 0.717) is 58.7 Å². The first-order valence-electron chi connectivity index (χ1n) is 14.0. The predicted molar refractivity (Wildman–Crippen MR) is 164 cm³/mol. The Morgan fingerprint density at radius 3 is 2.49 bits per heavy atom. The molecule has 4 aromatic rings. The van der Waals surface area contributed by atoms with Gasteiger partial charge in [0, 0.05) is 52.9 Å². The van der Waals surface area contributed by atoms with Crippen molar-refractivity contribution in [2.24, 2.45) is 0 Å². The van der Waals surface area contributed by atoms with Crippen LogP contribution in [0.1, 0.15) is 63.0 Å². The van der Waals surface area contributed by atoms with Crippen LogP contribution in [0.4, 0.5) is 17.1 Å². The molecular formula is C33H31N5O5. The molecule has 0 saturated carbocycles. The third kappa shape index (κ3) is 6.70. The summed E-state index contributed by atoms with van der Waals surface area (Å²) < 4.78 is 1.62. The van der Waals surface area contributed by atoms with Crippen LogP contribution < -0.4 is 16.0 Å². The molecule has 10 nitrogen and oxygen atoms in total. The Balaban J connectivity index is 1.27. The van der Waals surface area contributed by atoms with Crippen molar-refractivity contribution in [3.63, 3.8) is 0 Å². The summed E-state index contributed by atoms with van der Waals surface area (Å²) in [5.41, 5.74) is 5.91. The number of carbonyl (C=O) groups is 4. The van der Waals surface area contributed by atoms with Crippen molar-refractivity contribution < 1.29 is 24.3 Å². The highest BCUT2D eigenvalue weighted by atomic mass is 16.4. The summed E-state index contributed by atoms with van der Waals surface area (Å²) in [7, 11) is 0. The highest BCUT2D eigenvalue weighted by Crippen LogP contribution is 2.33. The zero-order valence-corrected chi connectivity index (χ0v) is 23.8. The van der Waals surface area contributed by atoms with Gasteiger partial charge in [-0.05, 0) is 68.7 Å². The summed E-state index contributed by atoms with van der Waals surface area (Å²) in [6.45, 7) is 4.29. The monoisotopic (exact) mass is 577 g/mol. The lowest BCUT2D eigenvalue weighted by Gasteiger charge is -2.09. The number of carbonyl (C=O) groups excluding carboxylic acids is 3. The van der Waals surface area contributed by atoms with E-state index in [2.05, 4.69) is 21.0 Å². The number of fused-ring (bicyclic) bond motifs is 1. The van der Waals surface area contributed by atoms with Gasteiger partial charge in [0.05, 0.1) is 11.3 Å². The maximum absolute atomic E-state index is 13.4. The maximum Gasteiger partial charge on any atom is 0.303 e. The standard InChI is InChI=1S/C33H31N5O5/c1-3-38-29(16-20(2)37-38)33(43)35-25-8-5-7-22(17-25)31(41)23-12-15-26-27(32(42)36-28(26)18-23)19-34-24-13-10-21(11-14-24)6-4-9-30(39)40/h5,7-8,10-19,34H,3-4,6,9H2,1-2H3,(H,35,43)(H,36,42)(H,39,40)/b27-19-. The number of hydrogen-bond acceptors (Lipinski definition) is 6. The highest BCUT2D eigenvalue weighted by molar-refractivity contribution is 6.32. The van der Waals surface area contributed by atoms with Gasteiger partial charge in [-0.3, -0.25) is 23.9 Å². The van der Waals surface area contributed by atoms with E-state index in [1.807, 2.05) is 38.1 Å². The molecule has 5 rings (SSSR count). The van der Waals surface area contributed by atoms with E-state index in [1.54, 1.807) is 59.4 Å². The van der Waals surface area contributed by atoms with Crippen LogP contribution in [0.5, 0.6) is 0 Å². The molecule has 0 unspecified atom stereocenters. The number of ketones is 1. The summed E-state index contributed by atoms with van der Waals surface area (Å²) in [6, 6.07) is 21.1. The third-order valence-corrected chi connectivity index (χ3v) is 7.07.